The number of aldehydes is 1. The fourth-order valence-corrected chi connectivity index (χ4v) is 1.36. The third kappa shape index (κ3) is 1.82. The van der Waals surface area contributed by atoms with Crippen LogP contribution in [0.3, 0.4) is 0 Å². The van der Waals surface area contributed by atoms with Crippen molar-refractivity contribution >= 4 is 6.29 Å². The number of hydrogen-bond donors (Lipinski definition) is 0. The topological polar surface area (TPSA) is 30.0 Å². The zero-order valence-electron chi connectivity index (χ0n) is 8.15. The Hall–Kier alpha value is -2.10. The molecule has 0 amide bonds. The molecule has 0 bridgehead atoms. The lowest BCUT2D eigenvalue weighted by molar-refractivity contribution is 0.111. The first-order valence-electron chi connectivity index (χ1n) is 4.58. The van der Waals surface area contributed by atoms with Crippen molar-refractivity contribution < 1.29 is 13.6 Å². The molecule has 0 aliphatic rings. The standard InChI is InChI=1S/C12H7F2NO/c13-10-4-2-1-3-9(10)12-5-8(7-16)11(14)6-15-12/h1-7H. The summed E-state index contributed by atoms with van der Waals surface area (Å²) < 4.78 is 26.4. The Morgan fingerprint density at radius 3 is 2.56 bits per heavy atom. The molecule has 0 unspecified atom stereocenters. The minimum absolute atomic E-state index is 0.131. The molecule has 1 aromatic heterocycles. The summed E-state index contributed by atoms with van der Waals surface area (Å²) in [6.45, 7) is 0. The molecule has 2 rings (SSSR count). The van der Waals surface area contributed by atoms with Gasteiger partial charge in [0, 0.05) is 5.56 Å². The van der Waals surface area contributed by atoms with Gasteiger partial charge >= 0.3 is 0 Å². The van der Waals surface area contributed by atoms with E-state index in [-0.39, 0.29) is 16.8 Å². The average Bonchev–Trinajstić information content (AvgIpc) is 2.31. The van der Waals surface area contributed by atoms with Crippen LogP contribution >= 0.6 is 0 Å². The Kier molecular flexibility index (Phi) is 2.72. The third-order valence-corrected chi connectivity index (χ3v) is 2.16. The molecule has 0 fully saturated rings. The van der Waals surface area contributed by atoms with Crippen molar-refractivity contribution in [3.63, 3.8) is 0 Å². The van der Waals surface area contributed by atoms with Crippen LogP contribution in [0.25, 0.3) is 11.3 Å². The first kappa shape index (κ1) is 10.4. The van der Waals surface area contributed by atoms with Gasteiger partial charge in [-0.1, -0.05) is 12.1 Å². The predicted molar refractivity (Wildman–Crippen MR) is 55.0 cm³/mol. The van der Waals surface area contributed by atoms with E-state index in [9.17, 15) is 13.6 Å². The monoisotopic (exact) mass is 219 g/mol. The van der Waals surface area contributed by atoms with E-state index in [1.807, 2.05) is 0 Å². The maximum atomic E-state index is 13.4. The summed E-state index contributed by atoms with van der Waals surface area (Å²) in [6.07, 6.45) is 1.28. The molecule has 0 aliphatic carbocycles. The van der Waals surface area contributed by atoms with Crippen LogP contribution in [-0.2, 0) is 0 Å². The summed E-state index contributed by atoms with van der Waals surface area (Å²) >= 11 is 0. The van der Waals surface area contributed by atoms with E-state index in [0.29, 0.717) is 6.29 Å². The number of carbonyl (C=O) groups is 1. The number of halogens is 2. The number of aromatic nitrogens is 1. The van der Waals surface area contributed by atoms with Crippen molar-refractivity contribution in [3.8, 4) is 11.3 Å². The maximum absolute atomic E-state index is 13.4. The Morgan fingerprint density at radius 2 is 1.88 bits per heavy atom. The van der Waals surface area contributed by atoms with Crippen LogP contribution in [-0.4, -0.2) is 11.3 Å². The van der Waals surface area contributed by atoms with Gasteiger partial charge in [0.25, 0.3) is 0 Å². The van der Waals surface area contributed by atoms with Crippen LogP contribution in [0.5, 0.6) is 0 Å². The Bertz CT molecular complexity index is 540. The van der Waals surface area contributed by atoms with Crippen molar-refractivity contribution in [2.45, 2.75) is 0 Å². The molecular weight excluding hydrogens is 212 g/mol. The van der Waals surface area contributed by atoms with Gasteiger partial charge in [-0.15, -0.1) is 0 Å². The summed E-state index contributed by atoms with van der Waals surface area (Å²) in [7, 11) is 0. The van der Waals surface area contributed by atoms with Crippen LogP contribution in [0.1, 0.15) is 10.4 Å². The molecule has 1 aromatic carbocycles. The van der Waals surface area contributed by atoms with Gasteiger partial charge in [0.2, 0.25) is 0 Å². The minimum Gasteiger partial charge on any atom is -0.298 e. The van der Waals surface area contributed by atoms with Crippen LogP contribution < -0.4 is 0 Å². The first-order valence-corrected chi connectivity index (χ1v) is 4.58. The highest BCUT2D eigenvalue weighted by molar-refractivity contribution is 5.78. The Labute approximate surface area is 90.6 Å². The summed E-state index contributed by atoms with van der Waals surface area (Å²) in [5.41, 5.74) is 0.348. The molecule has 4 heteroatoms. The predicted octanol–water partition coefficient (Wildman–Crippen LogP) is 2.84. The lowest BCUT2D eigenvalue weighted by atomic mass is 10.1. The van der Waals surface area contributed by atoms with Crippen molar-refractivity contribution in [1.29, 1.82) is 0 Å². The van der Waals surface area contributed by atoms with Crippen molar-refractivity contribution in [3.05, 3.63) is 53.7 Å². The lowest BCUT2D eigenvalue weighted by Gasteiger charge is -2.03. The SMILES string of the molecule is O=Cc1cc(-c2ccccc2F)ncc1F. The molecule has 1 heterocycles. The minimum atomic E-state index is -0.713. The highest BCUT2D eigenvalue weighted by atomic mass is 19.1. The van der Waals surface area contributed by atoms with E-state index in [1.54, 1.807) is 12.1 Å². The second kappa shape index (κ2) is 4.18. The van der Waals surface area contributed by atoms with Crippen LogP contribution in [0.4, 0.5) is 8.78 Å². The second-order valence-corrected chi connectivity index (χ2v) is 3.19. The number of hydrogen-bond acceptors (Lipinski definition) is 2. The Morgan fingerprint density at radius 1 is 1.12 bits per heavy atom. The summed E-state index contributed by atoms with van der Waals surface area (Å²) in [4.78, 5) is 14.3. The van der Waals surface area contributed by atoms with Gasteiger partial charge in [-0.2, -0.15) is 0 Å². The van der Waals surface area contributed by atoms with Gasteiger partial charge in [0.1, 0.15) is 5.82 Å². The number of nitrogens with zero attached hydrogens (tertiary/aromatic N) is 1. The molecule has 16 heavy (non-hydrogen) atoms. The van der Waals surface area contributed by atoms with E-state index < -0.39 is 11.6 Å². The largest absolute Gasteiger partial charge is 0.298 e. The normalized spacial score (nSPS) is 10.1. The molecule has 80 valence electrons. The van der Waals surface area contributed by atoms with Crippen molar-refractivity contribution in [1.82, 2.24) is 4.98 Å². The number of pyridine rings is 1. The molecule has 2 nitrogen and oxygen atoms in total. The summed E-state index contributed by atoms with van der Waals surface area (Å²) in [5.74, 6) is -1.17. The quantitative estimate of drug-likeness (QED) is 0.727. The van der Waals surface area contributed by atoms with Gasteiger partial charge in [0.15, 0.2) is 12.1 Å². The van der Waals surface area contributed by atoms with E-state index in [0.717, 1.165) is 6.20 Å². The van der Waals surface area contributed by atoms with E-state index in [1.165, 1.54) is 18.2 Å². The van der Waals surface area contributed by atoms with Crippen molar-refractivity contribution in [2.24, 2.45) is 0 Å². The molecule has 0 N–H and O–H groups in total. The van der Waals surface area contributed by atoms with Crippen LogP contribution in [0.2, 0.25) is 0 Å². The highest BCUT2D eigenvalue weighted by Gasteiger charge is 2.08. The van der Waals surface area contributed by atoms with Gasteiger partial charge in [0.05, 0.1) is 17.5 Å². The fraction of sp³-hybridized carbons (Fsp3) is 0. The van der Waals surface area contributed by atoms with E-state index in [2.05, 4.69) is 4.98 Å². The van der Waals surface area contributed by atoms with Gasteiger partial charge < -0.3 is 0 Å². The third-order valence-electron chi connectivity index (χ3n) is 2.16. The lowest BCUT2D eigenvalue weighted by Crippen LogP contribution is -1.93. The highest BCUT2D eigenvalue weighted by Crippen LogP contribution is 2.21. The van der Waals surface area contributed by atoms with E-state index in [4.69, 9.17) is 0 Å². The van der Waals surface area contributed by atoms with Gasteiger partial charge in [-0.25, -0.2) is 8.78 Å². The average molecular weight is 219 g/mol. The molecule has 0 saturated heterocycles. The molecule has 0 radical (unpaired) electrons. The van der Waals surface area contributed by atoms with Gasteiger partial charge in [-0.05, 0) is 18.2 Å². The molecule has 0 saturated carbocycles. The molecule has 0 atom stereocenters. The molecular formula is C12H7F2NO. The number of rotatable bonds is 2. The number of carbonyl (C=O) groups excluding carboxylic acids is 1. The van der Waals surface area contributed by atoms with Gasteiger partial charge in [-0.3, -0.25) is 9.78 Å². The van der Waals surface area contributed by atoms with Crippen LogP contribution in [0, 0.1) is 11.6 Å². The van der Waals surface area contributed by atoms with Crippen LogP contribution in [0.15, 0.2) is 36.5 Å². The first-order chi connectivity index (χ1) is 7.72. The number of benzene rings is 1. The molecule has 0 aliphatic heterocycles. The maximum Gasteiger partial charge on any atom is 0.153 e. The second-order valence-electron chi connectivity index (χ2n) is 3.19. The zero-order chi connectivity index (χ0) is 11.5. The molecule has 2 aromatic rings. The summed E-state index contributed by atoms with van der Waals surface area (Å²) in [5, 5.41) is 0. The zero-order valence-corrected chi connectivity index (χ0v) is 8.15. The Balaban J connectivity index is 2.57. The summed E-state index contributed by atoms with van der Waals surface area (Å²) in [6, 6.07) is 7.21. The molecule has 0 spiro atoms. The smallest absolute Gasteiger partial charge is 0.153 e. The fourth-order valence-electron chi connectivity index (χ4n) is 1.36. The van der Waals surface area contributed by atoms with Crippen molar-refractivity contribution in [2.75, 3.05) is 0 Å². The van der Waals surface area contributed by atoms with E-state index >= 15 is 0 Å².